The Morgan fingerprint density at radius 3 is 2.16 bits per heavy atom. The van der Waals surface area contributed by atoms with Crippen molar-refractivity contribution in [3.05, 3.63) is 0 Å². The highest BCUT2D eigenvalue weighted by molar-refractivity contribution is 4.87. The Kier molecular flexibility index (Phi) is 4.48. The van der Waals surface area contributed by atoms with Crippen molar-refractivity contribution in [3.8, 4) is 0 Å². The summed E-state index contributed by atoms with van der Waals surface area (Å²) in [5.41, 5.74) is 3.92. The fourth-order valence-corrected chi connectivity index (χ4v) is 4.88. The van der Waals surface area contributed by atoms with Crippen LogP contribution in [0.4, 0.5) is 0 Å². The van der Waals surface area contributed by atoms with Gasteiger partial charge in [-0.25, -0.2) is 5.01 Å². The van der Waals surface area contributed by atoms with Crippen molar-refractivity contribution in [2.24, 2.45) is 11.8 Å². The van der Waals surface area contributed by atoms with E-state index < -0.39 is 0 Å². The Morgan fingerprint density at radius 1 is 0.737 bits per heavy atom. The summed E-state index contributed by atoms with van der Waals surface area (Å²) in [5.74, 6) is 2.11. The molecule has 110 valence electrons. The molecular formula is C17H32N2. The summed E-state index contributed by atoms with van der Waals surface area (Å²) in [4.78, 5) is 0. The second kappa shape index (κ2) is 6.13. The van der Waals surface area contributed by atoms with E-state index in [0.29, 0.717) is 0 Å². The van der Waals surface area contributed by atoms with Gasteiger partial charge in [0, 0.05) is 18.1 Å². The van der Waals surface area contributed by atoms with E-state index in [2.05, 4.69) is 24.3 Å². The third-order valence-electron chi connectivity index (χ3n) is 6.06. The zero-order valence-electron chi connectivity index (χ0n) is 12.9. The predicted octanol–water partition coefficient (Wildman–Crippen LogP) is 4.11. The minimum atomic E-state index is 0.729. The molecule has 3 fully saturated rings. The quantitative estimate of drug-likeness (QED) is 0.807. The van der Waals surface area contributed by atoms with E-state index in [9.17, 15) is 0 Å². The molecule has 0 bridgehead atoms. The fourth-order valence-electron chi connectivity index (χ4n) is 4.88. The lowest BCUT2D eigenvalue weighted by molar-refractivity contribution is 0.00808. The van der Waals surface area contributed by atoms with E-state index in [1.165, 1.54) is 64.2 Å². The minimum absolute atomic E-state index is 0.729. The van der Waals surface area contributed by atoms with Gasteiger partial charge in [-0.05, 0) is 57.8 Å². The molecule has 0 aromatic carbocycles. The van der Waals surface area contributed by atoms with Crippen LogP contribution in [0.3, 0.4) is 0 Å². The molecule has 2 aliphatic carbocycles. The Morgan fingerprint density at radius 2 is 1.42 bits per heavy atom. The molecule has 2 saturated carbocycles. The summed E-state index contributed by atoms with van der Waals surface area (Å²) in [5, 5.41) is 2.59. The predicted molar refractivity (Wildman–Crippen MR) is 80.8 cm³/mol. The summed E-state index contributed by atoms with van der Waals surface area (Å²) in [7, 11) is 0. The lowest BCUT2D eigenvalue weighted by Gasteiger charge is -2.45. The van der Waals surface area contributed by atoms with Gasteiger partial charge >= 0.3 is 0 Å². The van der Waals surface area contributed by atoms with Crippen LogP contribution in [0.2, 0.25) is 0 Å². The van der Waals surface area contributed by atoms with Gasteiger partial charge in [-0.1, -0.05) is 32.1 Å². The van der Waals surface area contributed by atoms with Crippen LogP contribution in [-0.4, -0.2) is 23.1 Å². The third kappa shape index (κ3) is 3.16. The van der Waals surface area contributed by atoms with Crippen molar-refractivity contribution >= 4 is 0 Å². The van der Waals surface area contributed by atoms with Crippen molar-refractivity contribution < 1.29 is 0 Å². The molecule has 19 heavy (non-hydrogen) atoms. The van der Waals surface area contributed by atoms with Gasteiger partial charge in [0.25, 0.3) is 0 Å². The number of nitrogens with zero attached hydrogens (tertiary/aromatic N) is 1. The second-order valence-corrected chi connectivity index (χ2v) is 7.48. The minimum Gasteiger partial charge on any atom is -0.252 e. The first-order chi connectivity index (χ1) is 9.24. The maximum absolute atomic E-state index is 3.92. The molecule has 0 amide bonds. The van der Waals surface area contributed by atoms with Gasteiger partial charge in [0.05, 0.1) is 0 Å². The van der Waals surface area contributed by atoms with Crippen molar-refractivity contribution in [1.82, 2.24) is 10.4 Å². The number of fused-ring (bicyclic) bond motifs is 1. The number of rotatable bonds is 2. The summed E-state index contributed by atoms with van der Waals surface area (Å²) in [6.07, 6.45) is 14.5. The van der Waals surface area contributed by atoms with Crippen LogP contribution in [0.25, 0.3) is 0 Å². The van der Waals surface area contributed by atoms with Crippen molar-refractivity contribution in [2.45, 2.75) is 96.2 Å². The summed E-state index contributed by atoms with van der Waals surface area (Å²) in [6.45, 7) is 4.80. The SMILES string of the molecule is CC1CCCC(C)N1NC1CCC2CCCCC2C1. The van der Waals surface area contributed by atoms with Crippen LogP contribution in [0.15, 0.2) is 0 Å². The average molecular weight is 264 g/mol. The Balaban J connectivity index is 1.55. The lowest BCUT2D eigenvalue weighted by Crippen LogP contribution is -2.56. The molecule has 0 radical (unpaired) electrons. The van der Waals surface area contributed by atoms with E-state index in [4.69, 9.17) is 0 Å². The summed E-state index contributed by atoms with van der Waals surface area (Å²) < 4.78 is 0. The maximum atomic E-state index is 3.92. The molecule has 1 heterocycles. The van der Waals surface area contributed by atoms with Crippen molar-refractivity contribution in [3.63, 3.8) is 0 Å². The van der Waals surface area contributed by atoms with Crippen LogP contribution >= 0.6 is 0 Å². The molecule has 0 aromatic heterocycles. The number of piperidine rings is 1. The topological polar surface area (TPSA) is 15.3 Å². The monoisotopic (exact) mass is 264 g/mol. The fraction of sp³-hybridized carbons (Fsp3) is 1.00. The molecule has 3 rings (SSSR count). The zero-order valence-corrected chi connectivity index (χ0v) is 12.9. The number of nitrogens with one attached hydrogen (secondary N) is 1. The highest BCUT2D eigenvalue weighted by Crippen LogP contribution is 2.40. The maximum Gasteiger partial charge on any atom is 0.0218 e. The molecular weight excluding hydrogens is 232 g/mol. The molecule has 5 unspecified atom stereocenters. The number of hydrogen-bond acceptors (Lipinski definition) is 2. The Hall–Kier alpha value is -0.0800. The molecule has 0 spiro atoms. The van der Waals surface area contributed by atoms with Crippen LogP contribution < -0.4 is 5.43 Å². The van der Waals surface area contributed by atoms with Gasteiger partial charge in [-0.3, -0.25) is 5.43 Å². The van der Waals surface area contributed by atoms with Gasteiger partial charge in [0.15, 0.2) is 0 Å². The molecule has 1 N–H and O–H groups in total. The second-order valence-electron chi connectivity index (χ2n) is 7.48. The van der Waals surface area contributed by atoms with Gasteiger partial charge in [0.1, 0.15) is 0 Å². The molecule has 3 aliphatic rings. The Labute approximate surface area is 119 Å². The third-order valence-corrected chi connectivity index (χ3v) is 6.06. The lowest BCUT2D eigenvalue weighted by atomic mass is 9.69. The standard InChI is InChI=1S/C17H32N2/c1-13-6-5-7-14(2)19(13)18-17-11-10-15-8-3-4-9-16(15)12-17/h13-18H,3-12H2,1-2H3. The smallest absolute Gasteiger partial charge is 0.0218 e. The van der Waals surface area contributed by atoms with Crippen LogP contribution in [0.1, 0.15) is 78.1 Å². The highest BCUT2D eigenvalue weighted by Gasteiger charge is 2.34. The van der Waals surface area contributed by atoms with E-state index >= 15 is 0 Å². The average Bonchev–Trinajstić information content (AvgIpc) is 2.43. The van der Waals surface area contributed by atoms with Gasteiger partial charge < -0.3 is 0 Å². The first-order valence-corrected chi connectivity index (χ1v) is 8.78. The molecule has 2 nitrogen and oxygen atoms in total. The van der Waals surface area contributed by atoms with Crippen molar-refractivity contribution in [2.75, 3.05) is 0 Å². The zero-order chi connectivity index (χ0) is 13.2. The first-order valence-electron chi connectivity index (χ1n) is 8.78. The largest absolute Gasteiger partial charge is 0.252 e. The van der Waals surface area contributed by atoms with Gasteiger partial charge in [-0.2, -0.15) is 0 Å². The number of hydrogen-bond donors (Lipinski definition) is 1. The van der Waals surface area contributed by atoms with E-state index in [1.807, 2.05) is 0 Å². The van der Waals surface area contributed by atoms with E-state index in [0.717, 1.165) is 30.0 Å². The molecule has 2 heteroatoms. The normalized spacial score (nSPS) is 44.8. The first kappa shape index (κ1) is 13.9. The van der Waals surface area contributed by atoms with Crippen molar-refractivity contribution in [1.29, 1.82) is 0 Å². The molecule has 1 saturated heterocycles. The number of hydrazine groups is 1. The highest BCUT2D eigenvalue weighted by atomic mass is 15.5. The van der Waals surface area contributed by atoms with E-state index in [-0.39, 0.29) is 0 Å². The van der Waals surface area contributed by atoms with Crippen LogP contribution in [0.5, 0.6) is 0 Å². The van der Waals surface area contributed by atoms with Crippen LogP contribution in [0, 0.1) is 11.8 Å². The van der Waals surface area contributed by atoms with E-state index in [1.54, 1.807) is 0 Å². The molecule has 1 aliphatic heterocycles. The van der Waals surface area contributed by atoms with Gasteiger partial charge in [-0.15, -0.1) is 0 Å². The molecule has 5 atom stereocenters. The van der Waals surface area contributed by atoms with Gasteiger partial charge in [0.2, 0.25) is 0 Å². The summed E-state index contributed by atoms with van der Waals surface area (Å²) >= 11 is 0. The van der Waals surface area contributed by atoms with Crippen LogP contribution in [-0.2, 0) is 0 Å². The summed E-state index contributed by atoms with van der Waals surface area (Å²) in [6, 6.07) is 2.23. The molecule has 0 aromatic rings. The Bertz CT molecular complexity index is 281.